The third-order valence-electron chi connectivity index (χ3n) is 4.34. The van der Waals surface area contributed by atoms with Crippen molar-refractivity contribution in [2.45, 2.75) is 6.92 Å². The quantitative estimate of drug-likeness (QED) is 0.539. The van der Waals surface area contributed by atoms with Crippen LogP contribution >= 0.6 is 0 Å². The van der Waals surface area contributed by atoms with E-state index in [9.17, 15) is 15.0 Å². The van der Waals surface area contributed by atoms with Crippen molar-refractivity contribution in [3.8, 4) is 34.3 Å². The smallest absolute Gasteiger partial charge is 0.197 e. The minimum Gasteiger partial charge on any atom is -0.507 e. The van der Waals surface area contributed by atoms with Crippen molar-refractivity contribution in [3.63, 3.8) is 0 Å². The van der Waals surface area contributed by atoms with Crippen LogP contribution in [0.4, 0.5) is 0 Å². The van der Waals surface area contributed by atoms with Gasteiger partial charge in [-0.3, -0.25) is 4.79 Å². The summed E-state index contributed by atoms with van der Waals surface area (Å²) < 4.78 is 11.5. The monoisotopic (exact) mass is 360 g/mol. The van der Waals surface area contributed by atoms with Crippen molar-refractivity contribution in [1.29, 1.82) is 0 Å². The average molecular weight is 360 g/mol. The van der Waals surface area contributed by atoms with Gasteiger partial charge in [-0.25, -0.2) is 0 Å². The number of hydrogen-bond donors (Lipinski definition) is 2. The molecule has 0 amide bonds. The summed E-state index contributed by atoms with van der Waals surface area (Å²) in [4.78, 5) is 12.4. The van der Waals surface area contributed by atoms with Crippen LogP contribution in [-0.4, -0.2) is 10.2 Å². The van der Waals surface area contributed by atoms with E-state index in [-0.39, 0.29) is 33.5 Å². The lowest BCUT2D eigenvalue weighted by Gasteiger charge is -2.09. The van der Waals surface area contributed by atoms with Gasteiger partial charge in [0.05, 0.1) is 0 Å². The molecule has 134 valence electrons. The highest BCUT2D eigenvalue weighted by atomic mass is 16.5. The number of ether oxygens (including phenoxy) is 1. The first kappa shape index (κ1) is 16.7. The van der Waals surface area contributed by atoms with Gasteiger partial charge in [0.1, 0.15) is 39.7 Å². The Kier molecular flexibility index (Phi) is 4.05. The zero-order chi connectivity index (χ0) is 19.0. The molecule has 0 atom stereocenters. The van der Waals surface area contributed by atoms with E-state index >= 15 is 0 Å². The summed E-state index contributed by atoms with van der Waals surface area (Å²) in [5.74, 6) is 1.31. The number of benzene rings is 3. The fraction of sp³-hybridized carbons (Fsp3) is 0.0455. The largest absolute Gasteiger partial charge is 0.507 e. The number of aromatic hydroxyl groups is 2. The molecule has 4 aromatic rings. The molecule has 0 fully saturated rings. The summed E-state index contributed by atoms with van der Waals surface area (Å²) in [7, 11) is 0. The molecular formula is C22H16O5. The molecule has 0 aliphatic carbocycles. The summed E-state index contributed by atoms with van der Waals surface area (Å²) in [6, 6.07) is 19.2. The Labute approximate surface area is 154 Å². The third-order valence-corrected chi connectivity index (χ3v) is 4.34. The Morgan fingerprint density at radius 2 is 1.56 bits per heavy atom. The van der Waals surface area contributed by atoms with Crippen molar-refractivity contribution in [2.24, 2.45) is 0 Å². The van der Waals surface area contributed by atoms with E-state index in [4.69, 9.17) is 9.15 Å². The Bertz CT molecular complexity index is 1180. The highest BCUT2D eigenvalue weighted by Crippen LogP contribution is 2.35. The molecule has 2 N–H and O–H groups in total. The predicted molar refractivity (Wildman–Crippen MR) is 103 cm³/mol. The SMILES string of the molecule is Cc1c(O)cc2oc(-c3ccc(Oc4ccccc4)cc3)cc(=O)c2c1O. The lowest BCUT2D eigenvalue weighted by Crippen LogP contribution is -2.01. The van der Waals surface area contributed by atoms with E-state index < -0.39 is 0 Å². The van der Waals surface area contributed by atoms with Crippen LogP contribution in [0.1, 0.15) is 5.56 Å². The van der Waals surface area contributed by atoms with Gasteiger partial charge < -0.3 is 19.4 Å². The fourth-order valence-electron chi connectivity index (χ4n) is 2.84. The molecule has 0 radical (unpaired) electrons. The van der Waals surface area contributed by atoms with Crippen molar-refractivity contribution in [2.75, 3.05) is 0 Å². The second-order valence-corrected chi connectivity index (χ2v) is 6.16. The van der Waals surface area contributed by atoms with Crippen molar-refractivity contribution < 1.29 is 19.4 Å². The van der Waals surface area contributed by atoms with E-state index in [0.29, 0.717) is 17.1 Å². The van der Waals surface area contributed by atoms with E-state index in [1.807, 2.05) is 30.3 Å². The molecule has 0 aliphatic rings. The number of phenols is 2. The van der Waals surface area contributed by atoms with Crippen molar-refractivity contribution in [3.05, 3.63) is 82.5 Å². The van der Waals surface area contributed by atoms with E-state index in [2.05, 4.69) is 0 Å². The number of rotatable bonds is 3. The van der Waals surface area contributed by atoms with Gasteiger partial charge in [-0.15, -0.1) is 0 Å². The molecule has 0 aliphatic heterocycles. The zero-order valence-corrected chi connectivity index (χ0v) is 14.5. The molecule has 1 heterocycles. The average Bonchev–Trinajstić information content (AvgIpc) is 2.67. The van der Waals surface area contributed by atoms with Crippen LogP contribution in [0.3, 0.4) is 0 Å². The fourth-order valence-corrected chi connectivity index (χ4v) is 2.84. The van der Waals surface area contributed by atoms with Gasteiger partial charge in [0.25, 0.3) is 0 Å². The van der Waals surface area contributed by atoms with Gasteiger partial charge in [-0.05, 0) is 43.3 Å². The van der Waals surface area contributed by atoms with Crippen LogP contribution in [0.25, 0.3) is 22.3 Å². The molecule has 3 aromatic carbocycles. The van der Waals surface area contributed by atoms with Gasteiger partial charge in [-0.2, -0.15) is 0 Å². The van der Waals surface area contributed by atoms with Crippen LogP contribution in [0.5, 0.6) is 23.0 Å². The van der Waals surface area contributed by atoms with Crippen LogP contribution < -0.4 is 10.2 Å². The topological polar surface area (TPSA) is 79.9 Å². The van der Waals surface area contributed by atoms with Crippen LogP contribution in [0, 0.1) is 6.92 Å². The highest BCUT2D eigenvalue weighted by molar-refractivity contribution is 5.87. The van der Waals surface area contributed by atoms with E-state index in [1.54, 1.807) is 24.3 Å². The number of fused-ring (bicyclic) bond motifs is 1. The molecule has 0 spiro atoms. The van der Waals surface area contributed by atoms with Crippen molar-refractivity contribution >= 4 is 11.0 Å². The first-order valence-corrected chi connectivity index (χ1v) is 8.35. The highest BCUT2D eigenvalue weighted by Gasteiger charge is 2.15. The van der Waals surface area contributed by atoms with Gasteiger partial charge in [0, 0.05) is 23.3 Å². The minimum atomic E-state index is -0.378. The molecule has 0 unspecified atom stereocenters. The summed E-state index contributed by atoms with van der Waals surface area (Å²) in [5, 5.41) is 20.1. The second kappa shape index (κ2) is 6.53. The second-order valence-electron chi connectivity index (χ2n) is 6.16. The molecule has 4 rings (SSSR count). The summed E-state index contributed by atoms with van der Waals surface area (Å²) in [6.45, 7) is 1.53. The van der Waals surface area contributed by atoms with Gasteiger partial charge in [0.15, 0.2) is 5.43 Å². The van der Waals surface area contributed by atoms with Crippen LogP contribution in [-0.2, 0) is 0 Å². The Balaban J connectivity index is 1.72. The van der Waals surface area contributed by atoms with Crippen LogP contribution in [0.15, 0.2) is 75.9 Å². The molecule has 27 heavy (non-hydrogen) atoms. The van der Waals surface area contributed by atoms with Gasteiger partial charge >= 0.3 is 0 Å². The van der Waals surface area contributed by atoms with Crippen LogP contribution in [0.2, 0.25) is 0 Å². The zero-order valence-electron chi connectivity index (χ0n) is 14.5. The number of phenolic OH excluding ortho intramolecular Hbond substituents is 2. The summed E-state index contributed by atoms with van der Waals surface area (Å²) in [6.07, 6.45) is 0. The molecule has 0 saturated heterocycles. The molecular weight excluding hydrogens is 344 g/mol. The Morgan fingerprint density at radius 3 is 2.26 bits per heavy atom. The molecule has 0 bridgehead atoms. The minimum absolute atomic E-state index is 0.0538. The molecule has 1 aromatic heterocycles. The van der Waals surface area contributed by atoms with Gasteiger partial charge in [0.2, 0.25) is 0 Å². The van der Waals surface area contributed by atoms with E-state index in [1.165, 1.54) is 19.1 Å². The standard InChI is InChI=1S/C22H16O5/c1-13-17(23)11-20-21(22(13)25)18(24)12-19(27-20)14-7-9-16(10-8-14)26-15-5-3-2-4-6-15/h2-12,23,25H,1H3. The normalized spacial score (nSPS) is 10.9. The Morgan fingerprint density at radius 1 is 0.889 bits per heavy atom. The number of hydrogen-bond acceptors (Lipinski definition) is 5. The first-order valence-electron chi connectivity index (χ1n) is 8.35. The summed E-state index contributed by atoms with van der Waals surface area (Å²) in [5.41, 5.74) is 0.665. The Hall–Kier alpha value is -3.73. The van der Waals surface area contributed by atoms with E-state index in [0.717, 1.165) is 5.75 Å². The molecule has 5 heteroatoms. The molecule has 0 saturated carbocycles. The maximum Gasteiger partial charge on any atom is 0.197 e. The lowest BCUT2D eigenvalue weighted by molar-refractivity contribution is 0.445. The maximum absolute atomic E-state index is 12.4. The molecule has 5 nitrogen and oxygen atoms in total. The van der Waals surface area contributed by atoms with Gasteiger partial charge in [-0.1, -0.05) is 18.2 Å². The lowest BCUT2D eigenvalue weighted by atomic mass is 10.1. The summed E-state index contributed by atoms with van der Waals surface area (Å²) >= 11 is 0. The predicted octanol–water partition coefficient (Wildman–Crippen LogP) is 4.97. The number of para-hydroxylation sites is 1. The maximum atomic E-state index is 12.4. The first-order chi connectivity index (χ1) is 13.0. The van der Waals surface area contributed by atoms with Crippen molar-refractivity contribution in [1.82, 2.24) is 0 Å². The third kappa shape index (κ3) is 3.11.